The molecule has 0 saturated carbocycles. The van der Waals surface area contributed by atoms with Crippen molar-refractivity contribution in [2.45, 2.75) is 32.4 Å². The van der Waals surface area contributed by atoms with Gasteiger partial charge in [0.05, 0.1) is 0 Å². The van der Waals surface area contributed by atoms with Gasteiger partial charge in [0.2, 0.25) is 0 Å². The summed E-state index contributed by atoms with van der Waals surface area (Å²) in [6.07, 6.45) is 2.62. The third-order valence-corrected chi connectivity index (χ3v) is 4.14. The van der Waals surface area contributed by atoms with Crippen molar-refractivity contribution in [2.75, 3.05) is 0 Å². The molecule has 3 nitrogen and oxygen atoms in total. The predicted molar refractivity (Wildman–Crippen MR) is 94.0 cm³/mol. The smallest absolute Gasteiger partial charge is 0.187 e. The van der Waals surface area contributed by atoms with E-state index >= 15 is 0 Å². The Morgan fingerprint density at radius 2 is 1.96 bits per heavy atom. The van der Waals surface area contributed by atoms with Gasteiger partial charge in [-0.15, -0.1) is 0 Å². The van der Waals surface area contributed by atoms with Gasteiger partial charge in [-0.05, 0) is 37.5 Å². The molecule has 0 unspecified atom stereocenters. The number of benzene rings is 2. The molecule has 1 aliphatic rings. The van der Waals surface area contributed by atoms with Gasteiger partial charge in [-0.25, -0.2) is 0 Å². The molecule has 0 spiro atoms. The first-order valence-corrected chi connectivity index (χ1v) is 7.90. The molecule has 3 rings (SSSR count). The molecule has 23 heavy (non-hydrogen) atoms. The first-order chi connectivity index (χ1) is 11.0. The van der Waals surface area contributed by atoms with Crippen molar-refractivity contribution in [3.63, 3.8) is 0 Å². The number of fused-ring (bicyclic) bond motifs is 1. The van der Waals surface area contributed by atoms with E-state index in [0.29, 0.717) is 12.1 Å². The molecule has 3 N–H and O–H groups in total. The van der Waals surface area contributed by atoms with Crippen molar-refractivity contribution >= 4 is 11.5 Å². The summed E-state index contributed by atoms with van der Waals surface area (Å²) >= 11 is 0. The van der Waals surface area contributed by atoms with Gasteiger partial charge >= 0.3 is 0 Å². The fraction of sp³-hybridized carbons (Fsp3) is 0.250. The van der Waals surface area contributed by atoms with Crippen molar-refractivity contribution in [3.8, 4) is 0 Å². The van der Waals surface area contributed by atoms with E-state index in [2.05, 4.69) is 37.4 Å². The van der Waals surface area contributed by atoms with Crippen LogP contribution in [0, 0.1) is 0 Å². The van der Waals surface area contributed by atoms with Crippen LogP contribution in [0.25, 0.3) is 5.70 Å². The third-order valence-electron chi connectivity index (χ3n) is 4.14. The number of nitrogens with one attached hydrogen (secondary N) is 1. The topological polar surface area (TPSA) is 55.1 Å². The average Bonchev–Trinajstić information content (AvgIpc) is 2.54. The standard InChI is InChI=1S/C20H22N2O/c1-20(2)12-16-9-8-14(13-21)10-17(16)18(22-20)11-19(23)15-6-4-3-5-7-15/h3-11,22H,12-13,21H2,1-2H3/b18-11-. The molecule has 0 amide bonds. The van der Waals surface area contributed by atoms with Crippen LogP contribution in [0.5, 0.6) is 0 Å². The first-order valence-electron chi connectivity index (χ1n) is 7.90. The van der Waals surface area contributed by atoms with Crippen molar-refractivity contribution < 1.29 is 4.79 Å². The van der Waals surface area contributed by atoms with Crippen LogP contribution in [0.4, 0.5) is 0 Å². The molecule has 2 aromatic carbocycles. The number of ketones is 1. The highest BCUT2D eigenvalue weighted by Gasteiger charge is 2.28. The lowest BCUT2D eigenvalue weighted by molar-refractivity contribution is 0.104. The number of allylic oxidation sites excluding steroid dienone is 1. The SMILES string of the molecule is CC1(C)Cc2ccc(CN)cc2/C(=C/C(=O)c2ccccc2)N1. The molecular weight excluding hydrogens is 284 g/mol. The van der Waals surface area contributed by atoms with Gasteiger partial charge in [0.25, 0.3) is 0 Å². The minimum absolute atomic E-state index is 0.00917. The summed E-state index contributed by atoms with van der Waals surface area (Å²) < 4.78 is 0. The Morgan fingerprint density at radius 1 is 1.22 bits per heavy atom. The van der Waals surface area contributed by atoms with Gasteiger partial charge in [-0.3, -0.25) is 4.79 Å². The maximum absolute atomic E-state index is 12.5. The summed E-state index contributed by atoms with van der Waals surface area (Å²) in [5.41, 5.74) is 10.7. The van der Waals surface area contributed by atoms with E-state index in [-0.39, 0.29) is 11.3 Å². The van der Waals surface area contributed by atoms with E-state index in [0.717, 1.165) is 23.2 Å². The maximum Gasteiger partial charge on any atom is 0.187 e. The molecule has 2 aromatic rings. The fourth-order valence-corrected chi connectivity index (χ4v) is 3.04. The first kappa shape index (κ1) is 15.5. The Hall–Kier alpha value is -2.39. The average molecular weight is 306 g/mol. The summed E-state index contributed by atoms with van der Waals surface area (Å²) in [5, 5.41) is 3.50. The van der Waals surface area contributed by atoms with Crippen LogP contribution in [0.2, 0.25) is 0 Å². The normalized spacial score (nSPS) is 17.4. The second-order valence-electron chi connectivity index (χ2n) is 6.67. The molecule has 1 aliphatic heterocycles. The molecule has 0 saturated heterocycles. The van der Waals surface area contributed by atoms with E-state index in [1.807, 2.05) is 30.3 Å². The highest BCUT2D eigenvalue weighted by atomic mass is 16.1. The van der Waals surface area contributed by atoms with Crippen molar-refractivity contribution in [3.05, 3.63) is 76.9 Å². The quantitative estimate of drug-likeness (QED) is 0.676. The number of hydrogen-bond donors (Lipinski definition) is 2. The van der Waals surface area contributed by atoms with Crippen molar-refractivity contribution in [1.82, 2.24) is 5.32 Å². The predicted octanol–water partition coefficient (Wildman–Crippen LogP) is 3.29. The third kappa shape index (κ3) is 3.35. The van der Waals surface area contributed by atoms with Gasteiger partial charge in [0.15, 0.2) is 5.78 Å². The summed E-state index contributed by atoms with van der Waals surface area (Å²) in [7, 11) is 0. The highest BCUT2D eigenvalue weighted by Crippen LogP contribution is 2.30. The molecular formula is C20H22N2O. The lowest BCUT2D eigenvalue weighted by Gasteiger charge is -2.36. The Morgan fingerprint density at radius 3 is 2.65 bits per heavy atom. The summed E-state index contributed by atoms with van der Waals surface area (Å²) in [6, 6.07) is 15.6. The largest absolute Gasteiger partial charge is 0.379 e. The van der Waals surface area contributed by atoms with E-state index in [1.165, 1.54) is 5.56 Å². The molecule has 0 fully saturated rings. The van der Waals surface area contributed by atoms with Crippen molar-refractivity contribution in [1.29, 1.82) is 0 Å². The van der Waals surface area contributed by atoms with E-state index in [1.54, 1.807) is 6.08 Å². The van der Waals surface area contributed by atoms with Crippen LogP contribution in [0.3, 0.4) is 0 Å². The molecule has 0 aliphatic carbocycles. The number of carbonyl (C=O) groups excluding carboxylic acids is 1. The van der Waals surface area contributed by atoms with Crippen LogP contribution in [-0.2, 0) is 13.0 Å². The number of hydrogen-bond acceptors (Lipinski definition) is 3. The fourth-order valence-electron chi connectivity index (χ4n) is 3.04. The number of nitrogens with two attached hydrogens (primary N) is 1. The molecule has 0 bridgehead atoms. The maximum atomic E-state index is 12.5. The zero-order valence-corrected chi connectivity index (χ0v) is 13.6. The molecule has 0 radical (unpaired) electrons. The molecule has 0 atom stereocenters. The monoisotopic (exact) mass is 306 g/mol. The van der Waals surface area contributed by atoms with Gasteiger partial charge in [-0.1, -0.05) is 42.5 Å². The van der Waals surface area contributed by atoms with Crippen LogP contribution < -0.4 is 11.1 Å². The number of rotatable bonds is 3. The second kappa shape index (κ2) is 6.01. The Bertz CT molecular complexity index is 760. The Kier molecular flexibility index (Phi) is 4.05. The van der Waals surface area contributed by atoms with Crippen LogP contribution >= 0.6 is 0 Å². The van der Waals surface area contributed by atoms with E-state index in [9.17, 15) is 4.79 Å². The minimum atomic E-state index is -0.0833. The second-order valence-corrected chi connectivity index (χ2v) is 6.67. The molecule has 0 aromatic heterocycles. The molecule has 3 heteroatoms. The van der Waals surface area contributed by atoms with Gasteiger partial charge in [-0.2, -0.15) is 0 Å². The van der Waals surface area contributed by atoms with Crippen LogP contribution in [-0.4, -0.2) is 11.3 Å². The summed E-state index contributed by atoms with van der Waals surface area (Å²) in [6.45, 7) is 4.79. The van der Waals surface area contributed by atoms with Crippen molar-refractivity contribution in [2.24, 2.45) is 5.73 Å². The Labute approximate surface area is 137 Å². The Balaban J connectivity index is 2.05. The minimum Gasteiger partial charge on any atom is -0.379 e. The number of carbonyl (C=O) groups is 1. The van der Waals surface area contributed by atoms with E-state index in [4.69, 9.17) is 5.73 Å². The molecule has 1 heterocycles. The zero-order chi connectivity index (χ0) is 16.4. The van der Waals surface area contributed by atoms with Gasteiger partial charge in [0, 0.05) is 35.0 Å². The van der Waals surface area contributed by atoms with Gasteiger partial charge < -0.3 is 11.1 Å². The lowest BCUT2D eigenvalue weighted by Crippen LogP contribution is -2.43. The lowest BCUT2D eigenvalue weighted by atomic mass is 9.84. The van der Waals surface area contributed by atoms with Gasteiger partial charge in [0.1, 0.15) is 0 Å². The summed E-state index contributed by atoms with van der Waals surface area (Å²) in [5.74, 6) is 0.00917. The van der Waals surface area contributed by atoms with Crippen LogP contribution in [0.1, 0.15) is 40.9 Å². The highest BCUT2D eigenvalue weighted by molar-refractivity contribution is 6.08. The zero-order valence-electron chi connectivity index (χ0n) is 13.6. The molecule has 118 valence electrons. The van der Waals surface area contributed by atoms with E-state index < -0.39 is 0 Å². The van der Waals surface area contributed by atoms with Crippen LogP contribution in [0.15, 0.2) is 54.6 Å². The summed E-state index contributed by atoms with van der Waals surface area (Å²) in [4.78, 5) is 12.5.